The van der Waals surface area contributed by atoms with Gasteiger partial charge in [0.25, 0.3) is 0 Å². The van der Waals surface area contributed by atoms with Crippen LogP contribution in [0.4, 0.5) is 11.5 Å². The summed E-state index contributed by atoms with van der Waals surface area (Å²) in [6.45, 7) is 0.385. The normalized spacial score (nSPS) is 10.6. The topological polar surface area (TPSA) is 64.3 Å². The third-order valence-electron chi connectivity index (χ3n) is 2.87. The van der Waals surface area contributed by atoms with Crippen molar-refractivity contribution in [1.82, 2.24) is 9.97 Å². The summed E-state index contributed by atoms with van der Waals surface area (Å²) >= 11 is 3.38. The van der Waals surface area contributed by atoms with Crippen LogP contribution < -0.4 is 10.6 Å². The average Bonchev–Trinajstić information content (AvgIpc) is 2.44. The Morgan fingerprint density at radius 3 is 2.40 bits per heavy atom. The standard InChI is InChI=1S/C14H17BrN4O/c1-19(2)10-6-4-9(5-7-10)14-17-11(8-20-3)12(15)13(16)18-14/h4-7H,8H2,1-3H3,(H2,16,17,18). The van der Waals surface area contributed by atoms with Crippen molar-refractivity contribution in [1.29, 1.82) is 0 Å². The van der Waals surface area contributed by atoms with Gasteiger partial charge in [-0.05, 0) is 40.2 Å². The molecule has 2 N–H and O–H groups in total. The highest BCUT2D eigenvalue weighted by Crippen LogP contribution is 2.26. The van der Waals surface area contributed by atoms with Crippen molar-refractivity contribution in [3.63, 3.8) is 0 Å². The van der Waals surface area contributed by atoms with Gasteiger partial charge in [-0.25, -0.2) is 9.97 Å². The molecular formula is C14H17BrN4O. The van der Waals surface area contributed by atoms with Crippen molar-refractivity contribution in [2.24, 2.45) is 0 Å². The first-order valence-corrected chi connectivity index (χ1v) is 6.90. The molecule has 1 aromatic heterocycles. The van der Waals surface area contributed by atoms with Crippen LogP contribution in [0.5, 0.6) is 0 Å². The number of nitrogen functional groups attached to an aromatic ring is 1. The molecule has 106 valence electrons. The number of aromatic nitrogens is 2. The monoisotopic (exact) mass is 336 g/mol. The quantitative estimate of drug-likeness (QED) is 0.929. The van der Waals surface area contributed by atoms with Crippen LogP contribution in [0.2, 0.25) is 0 Å². The number of nitrogens with two attached hydrogens (primary N) is 1. The first-order chi connectivity index (χ1) is 9.52. The second kappa shape index (κ2) is 6.19. The number of hydrogen-bond donors (Lipinski definition) is 1. The zero-order chi connectivity index (χ0) is 14.7. The molecule has 0 atom stereocenters. The fraction of sp³-hybridized carbons (Fsp3) is 0.286. The van der Waals surface area contributed by atoms with Crippen molar-refractivity contribution in [2.45, 2.75) is 6.61 Å². The Hall–Kier alpha value is -1.66. The molecule has 20 heavy (non-hydrogen) atoms. The molecule has 0 saturated carbocycles. The van der Waals surface area contributed by atoms with Crippen LogP contribution >= 0.6 is 15.9 Å². The van der Waals surface area contributed by atoms with E-state index >= 15 is 0 Å². The van der Waals surface area contributed by atoms with Crippen LogP contribution in [0.3, 0.4) is 0 Å². The van der Waals surface area contributed by atoms with Gasteiger partial charge in [0, 0.05) is 32.5 Å². The predicted octanol–water partition coefficient (Wildman–Crippen LogP) is 2.70. The molecule has 1 heterocycles. The SMILES string of the molecule is COCc1nc(-c2ccc(N(C)C)cc2)nc(N)c1Br. The molecule has 0 fully saturated rings. The maximum absolute atomic E-state index is 5.91. The highest BCUT2D eigenvalue weighted by atomic mass is 79.9. The van der Waals surface area contributed by atoms with Crippen molar-refractivity contribution < 1.29 is 4.74 Å². The minimum absolute atomic E-state index is 0.385. The summed E-state index contributed by atoms with van der Waals surface area (Å²) in [5.74, 6) is 1.02. The van der Waals surface area contributed by atoms with E-state index in [1.165, 1.54) is 0 Å². The Labute approximate surface area is 126 Å². The summed E-state index contributed by atoms with van der Waals surface area (Å²) in [6, 6.07) is 8.00. The molecule has 0 aliphatic rings. The maximum atomic E-state index is 5.91. The van der Waals surface area contributed by atoms with Gasteiger partial charge >= 0.3 is 0 Å². The smallest absolute Gasteiger partial charge is 0.161 e. The Morgan fingerprint density at radius 2 is 1.85 bits per heavy atom. The molecule has 0 aliphatic carbocycles. The van der Waals surface area contributed by atoms with E-state index in [1.54, 1.807) is 7.11 Å². The number of methoxy groups -OCH3 is 1. The molecule has 2 aromatic rings. The van der Waals surface area contributed by atoms with Crippen molar-refractivity contribution in [3.8, 4) is 11.4 Å². The van der Waals surface area contributed by atoms with Crippen LogP contribution in [-0.2, 0) is 11.3 Å². The molecule has 0 radical (unpaired) electrons. The molecule has 0 spiro atoms. The maximum Gasteiger partial charge on any atom is 0.161 e. The lowest BCUT2D eigenvalue weighted by atomic mass is 10.2. The molecule has 0 amide bonds. The van der Waals surface area contributed by atoms with E-state index in [9.17, 15) is 0 Å². The van der Waals surface area contributed by atoms with Gasteiger partial charge in [0.05, 0.1) is 16.8 Å². The highest BCUT2D eigenvalue weighted by molar-refractivity contribution is 9.10. The van der Waals surface area contributed by atoms with Crippen molar-refractivity contribution >= 4 is 27.4 Å². The molecule has 2 rings (SSSR count). The van der Waals surface area contributed by atoms with Gasteiger partial charge < -0.3 is 15.4 Å². The van der Waals surface area contributed by atoms with Gasteiger partial charge in [-0.1, -0.05) is 0 Å². The lowest BCUT2D eigenvalue weighted by molar-refractivity contribution is 0.181. The Morgan fingerprint density at radius 1 is 1.20 bits per heavy atom. The van der Waals surface area contributed by atoms with E-state index in [0.29, 0.717) is 22.7 Å². The van der Waals surface area contributed by atoms with Crippen LogP contribution in [0, 0.1) is 0 Å². The number of benzene rings is 1. The largest absolute Gasteiger partial charge is 0.383 e. The van der Waals surface area contributed by atoms with Crippen molar-refractivity contribution in [2.75, 3.05) is 31.8 Å². The number of halogens is 1. The summed E-state index contributed by atoms with van der Waals surface area (Å²) in [5, 5.41) is 0. The molecule has 0 unspecified atom stereocenters. The van der Waals surface area contributed by atoms with E-state index in [1.807, 2.05) is 43.3 Å². The van der Waals surface area contributed by atoms with Gasteiger partial charge in [-0.2, -0.15) is 0 Å². The predicted molar refractivity (Wildman–Crippen MR) is 84.6 cm³/mol. The van der Waals surface area contributed by atoms with Gasteiger partial charge in [0.2, 0.25) is 0 Å². The van der Waals surface area contributed by atoms with Gasteiger partial charge in [0.15, 0.2) is 5.82 Å². The van der Waals surface area contributed by atoms with Crippen molar-refractivity contribution in [3.05, 3.63) is 34.4 Å². The molecule has 0 bridgehead atoms. The molecule has 1 aromatic carbocycles. The third-order valence-corrected chi connectivity index (χ3v) is 3.73. The van der Waals surface area contributed by atoms with Gasteiger partial charge in [-0.15, -0.1) is 0 Å². The Kier molecular flexibility index (Phi) is 4.57. The zero-order valence-electron chi connectivity index (χ0n) is 11.7. The van der Waals surface area contributed by atoms with Gasteiger partial charge in [0.1, 0.15) is 5.82 Å². The lowest BCUT2D eigenvalue weighted by Gasteiger charge is -2.13. The second-order valence-corrected chi connectivity index (χ2v) is 5.36. The second-order valence-electron chi connectivity index (χ2n) is 4.57. The molecular weight excluding hydrogens is 320 g/mol. The average molecular weight is 337 g/mol. The van der Waals surface area contributed by atoms with Crippen LogP contribution in [-0.4, -0.2) is 31.2 Å². The van der Waals surface area contributed by atoms with Crippen LogP contribution in [0.15, 0.2) is 28.7 Å². The first-order valence-electron chi connectivity index (χ1n) is 6.11. The van der Waals surface area contributed by atoms with Crippen LogP contribution in [0.25, 0.3) is 11.4 Å². The first kappa shape index (κ1) is 14.7. The van der Waals surface area contributed by atoms with E-state index in [4.69, 9.17) is 10.5 Å². The summed E-state index contributed by atoms with van der Waals surface area (Å²) in [5.41, 5.74) is 8.69. The van der Waals surface area contributed by atoms with Crippen LogP contribution in [0.1, 0.15) is 5.69 Å². The number of anilines is 2. The van der Waals surface area contributed by atoms with Gasteiger partial charge in [-0.3, -0.25) is 0 Å². The molecule has 0 saturated heterocycles. The number of nitrogens with zero attached hydrogens (tertiary/aromatic N) is 3. The minimum Gasteiger partial charge on any atom is -0.383 e. The Bertz CT molecular complexity index is 599. The van der Waals surface area contributed by atoms with E-state index in [2.05, 4.69) is 25.9 Å². The summed E-state index contributed by atoms with van der Waals surface area (Å²) in [7, 11) is 5.62. The number of hydrogen-bond acceptors (Lipinski definition) is 5. The summed E-state index contributed by atoms with van der Waals surface area (Å²) in [6.07, 6.45) is 0. The fourth-order valence-corrected chi connectivity index (χ4v) is 2.07. The molecule has 5 nitrogen and oxygen atoms in total. The number of ether oxygens (including phenoxy) is 1. The summed E-state index contributed by atoms with van der Waals surface area (Å²) < 4.78 is 5.81. The van der Waals surface area contributed by atoms with E-state index < -0.39 is 0 Å². The van der Waals surface area contributed by atoms with E-state index in [-0.39, 0.29) is 0 Å². The Balaban J connectivity index is 2.41. The molecule has 6 heteroatoms. The summed E-state index contributed by atoms with van der Waals surface area (Å²) in [4.78, 5) is 10.8. The molecule has 0 aliphatic heterocycles. The minimum atomic E-state index is 0.385. The zero-order valence-corrected chi connectivity index (χ0v) is 13.3. The fourth-order valence-electron chi connectivity index (χ4n) is 1.78. The van der Waals surface area contributed by atoms with E-state index in [0.717, 1.165) is 16.9 Å². The lowest BCUT2D eigenvalue weighted by Crippen LogP contribution is -2.08. The highest BCUT2D eigenvalue weighted by Gasteiger charge is 2.11. The third kappa shape index (κ3) is 3.08. The number of rotatable bonds is 4.